The van der Waals surface area contributed by atoms with Crippen molar-refractivity contribution in [3.63, 3.8) is 0 Å². The number of amides is 1. The number of nitrogens with zero attached hydrogens (tertiary/aromatic N) is 3. The molecule has 0 aliphatic carbocycles. The molecule has 1 heterocycles. The van der Waals surface area contributed by atoms with Crippen molar-refractivity contribution in [3.8, 4) is 5.75 Å². The molecule has 23 heavy (non-hydrogen) atoms. The van der Waals surface area contributed by atoms with E-state index < -0.39 is 10.8 Å². The Morgan fingerprint density at radius 2 is 2.17 bits per heavy atom. The van der Waals surface area contributed by atoms with E-state index >= 15 is 0 Å². The normalized spacial score (nSPS) is 10.6. The molecule has 0 aliphatic heterocycles. The van der Waals surface area contributed by atoms with Gasteiger partial charge in [-0.05, 0) is 12.1 Å². The standard InChI is InChI=1S/C14H12N4O5/c19-12-5-4-11(18(22)23)7-10(12)8-15-16-13(20)9-17-6-2-1-3-14(17)21/h1-8,19H,9H2,(H,16,20)/b15-8-. The largest absolute Gasteiger partial charge is 0.507 e. The Labute approximate surface area is 129 Å². The van der Waals surface area contributed by atoms with Gasteiger partial charge in [-0.25, -0.2) is 5.43 Å². The lowest BCUT2D eigenvalue weighted by atomic mass is 10.2. The first kappa shape index (κ1) is 15.9. The maximum absolute atomic E-state index is 11.7. The molecule has 0 radical (unpaired) electrons. The number of carbonyl (C=O) groups is 1. The molecule has 0 fully saturated rings. The fourth-order valence-electron chi connectivity index (χ4n) is 1.71. The fraction of sp³-hybridized carbons (Fsp3) is 0.0714. The first-order valence-electron chi connectivity index (χ1n) is 6.42. The fourth-order valence-corrected chi connectivity index (χ4v) is 1.71. The summed E-state index contributed by atoms with van der Waals surface area (Å²) in [5.74, 6) is -0.771. The molecule has 0 atom stereocenters. The van der Waals surface area contributed by atoms with Gasteiger partial charge in [-0.15, -0.1) is 0 Å². The topological polar surface area (TPSA) is 127 Å². The molecule has 0 saturated carbocycles. The lowest BCUT2D eigenvalue weighted by Crippen LogP contribution is -2.28. The number of phenolic OH excluding ortho intramolecular Hbond substituents is 1. The predicted molar refractivity (Wildman–Crippen MR) is 81.2 cm³/mol. The highest BCUT2D eigenvalue weighted by Crippen LogP contribution is 2.21. The lowest BCUT2D eigenvalue weighted by molar-refractivity contribution is -0.384. The van der Waals surface area contributed by atoms with Crippen molar-refractivity contribution in [2.24, 2.45) is 5.10 Å². The number of nitro groups is 1. The minimum Gasteiger partial charge on any atom is -0.507 e. The number of carbonyl (C=O) groups excluding carboxylic acids is 1. The van der Waals surface area contributed by atoms with E-state index in [0.717, 1.165) is 24.4 Å². The van der Waals surface area contributed by atoms with E-state index in [1.54, 1.807) is 12.1 Å². The zero-order chi connectivity index (χ0) is 16.8. The molecule has 2 rings (SSSR count). The summed E-state index contributed by atoms with van der Waals surface area (Å²) in [6.45, 7) is -0.224. The van der Waals surface area contributed by atoms with Crippen LogP contribution in [-0.2, 0) is 11.3 Å². The number of nitrogens with one attached hydrogen (secondary N) is 1. The first-order chi connectivity index (χ1) is 11.0. The molecule has 1 aromatic heterocycles. The van der Waals surface area contributed by atoms with Gasteiger partial charge in [0.2, 0.25) is 0 Å². The van der Waals surface area contributed by atoms with Crippen LogP contribution in [0.15, 0.2) is 52.5 Å². The van der Waals surface area contributed by atoms with E-state index in [1.165, 1.54) is 16.8 Å². The highest BCUT2D eigenvalue weighted by Gasteiger charge is 2.09. The van der Waals surface area contributed by atoms with Crippen LogP contribution in [0, 0.1) is 10.1 Å². The zero-order valence-electron chi connectivity index (χ0n) is 11.7. The number of benzene rings is 1. The zero-order valence-corrected chi connectivity index (χ0v) is 11.7. The number of nitro benzene ring substituents is 1. The van der Waals surface area contributed by atoms with Crippen LogP contribution < -0.4 is 11.0 Å². The minimum absolute atomic E-state index is 0.0800. The molecule has 9 nitrogen and oxygen atoms in total. The molecule has 1 amide bonds. The molecule has 118 valence electrons. The van der Waals surface area contributed by atoms with E-state index in [9.17, 15) is 24.8 Å². The van der Waals surface area contributed by atoms with E-state index in [-0.39, 0.29) is 29.1 Å². The Kier molecular flexibility index (Phi) is 4.82. The number of rotatable bonds is 5. The van der Waals surface area contributed by atoms with Gasteiger partial charge in [0.1, 0.15) is 12.3 Å². The average molecular weight is 316 g/mol. The van der Waals surface area contributed by atoms with Gasteiger partial charge in [0.05, 0.1) is 11.1 Å². The third-order valence-electron chi connectivity index (χ3n) is 2.83. The van der Waals surface area contributed by atoms with E-state index in [0.29, 0.717) is 0 Å². The third kappa shape index (κ3) is 4.24. The lowest BCUT2D eigenvalue weighted by Gasteiger charge is -2.03. The Bertz CT molecular complexity index is 828. The summed E-state index contributed by atoms with van der Waals surface area (Å²) in [6, 6.07) is 7.90. The maximum Gasteiger partial charge on any atom is 0.270 e. The molecule has 0 aliphatic rings. The molecule has 0 unspecified atom stereocenters. The summed E-state index contributed by atoms with van der Waals surface area (Å²) in [4.78, 5) is 33.1. The predicted octanol–water partition coefficient (Wildman–Crippen LogP) is 0.612. The highest BCUT2D eigenvalue weighted by atomic mass is 16.6. The van der Waals surface area contributed by atoms with Crippen molar-refractivity contribution in [2.45, 2.75) is 6.54 Å². The van der Waals surface area contributed by atoms with Crippen LogP contribution in [0.5, 0.6) is 5.75 Å². The van der Waals surface area contributed by atoms with Crippen molar-refractivity contribution in [3.05, 3.63) is 68.6 Å². The quantitative estimate of drug-likeness (QED) is 0.475. The summed E-state index contributed by atoms with van der Waals surface area (Å²) in [6.07, 6.45) is 2.53. The summed E-state index contributed by atoms with van der Waals surface area (Å²) >= 11 is 0. The first-order valence-corrected chi connectivity index (χ1v) is 6.42. The van der Waals surface area contributed by atoms with Crippen molar-refractivity contribution >= 4 is 17.8 Å². The smallest absolute Gasteiger partial charge is 0.270 e. The Balaban J connectivity index is 2.03. The number of hydrogen-bond donors (Lipinski definition) is 2. The van der Waals surface area contributed by atoms with Gasteiger partial charge in [-0.1, -0.05) is 6.07 Å². The molecule has 2 N–H and O–H groups in total. The molecular weight excluding hydrogens is 304 g/mol. The molecule has 0 saturated heterocycles. The van der Waals surface area contributed by atoms with Crippen LogP contribution in [0.25, 0.3) is 0 Å². The van der Waals surface area contributed by atoms with Crippen molar-refractivity contribution in [1.29, 1.82) is 0 Å². The second-order valence-electron chi connectivity index (χ2n) is 4.46. The van der Waals surface area contributed by atoms with Gasteiger partial charge in [-0.3, -0.25) is 19.7 Å². The molecular formula is C14H12N4O5. The van der Waals surface area contributed by atoms with Crippen LogP contribution in [0.3, 0.4) is 0 Å². The van der Waals surface area contributed by atoms with Crippen LogP contribution in [0.2, 0.25) is 0 Å². The van der Waals surface area contributed by atoms with Crippen molar-refractivity contribution < 1.29 is 14.8 Å². The summed E-state index contributed by atoms with van der Waals surface area (Å²) in [5.41, 5.74) is 1.71. The van der Waals surface area contributed by atoms with Crippen molar-refractivity contribution in [1.82, 2.24) is 9.99 Å². The van der Waals surface area contributed by atoms with E-state index in [4.69, 9.17) is 0 Å². The van der Waals surface area contributed by atoms with Gasteiger partial charge in [-0.2, -0.15) is 5.10 Å². The summed E-state index contributed by atoms with van der Waals surface area (Å²) < 4.78 is 1.19. The van der Waals surface area contributed by atoms with Crippen molar-refractivity contribution in [2.75, 3.05) is 0 Å². The highest BCUT2D eigenvalue weighted by molar-refractivity contribution is 5.85. The van der Waals surface area contributed by atoms with E-state index in [2.05, 4.69) is 10.5 Å². The Morgan fingerprint density at radius 1 is 1.39 bits per heavy atom. The molecule has 2 aromatic rings. The summed E-state index contributed by atoms with van der Waals surface area (Å²) in [5, 5.41) is 23.8. The summed E-state index contributed by atoms with van der Waals surface area (Å²) in [7, 11) is 0. The van der Waals surface area contributed by atoms with Gasteiger partial charge in [0.15, 0.2) is 0 Å². The molecule has 9 heteroatoms. The van der Waals surface area contributed by atoms with Gasteiger partial charge < -0.3 is 9.67 Å². The number of phenols is 1. The number of aromatic hydroxyl groups is 1. The Morgan fingerprint density at radius 3 is 2.87 bits per heavy atom. The number of aromatic nitrogens is 1. The van der Waals surface area contributed by atoms with Gasteiger partial charge in [0.25, 0.3) is 17.2 Å². The van der Waals surface area contributed by atoms with Crippen LogP contribution in [0.4, 0.5) is 5.69 Å². The number of non-ortho nitro benzene ring substituents is 1. The second kappa shape index (κ2) is 6.98. The van der Waals surface area contributed by atoms with Crippen LogP contribution in [0.1, 0.15) is 5.56 Å². The average Bonchev–Trinajstić information content (AvgIpc) is 2.51. The molecule has 1 aromatic carbocycles. The number of hydrazone groups is 1. The van der Waals surface area contributed by atoms with Crippen LogP contribution >= 0.6 is 0 Å². The third-order valence-corrected chi connectivity index (χ3v) is 2.83. The van der Waals surface area contributed by atoms with E-state index in [1.807, 2.05) is 0 Å². The number of pyridine rings is 1. The molecule has 0 bridgehead atoms. The molecule has 0 spiro atoms. The second-order valence-corrected chi connectivity index (χ2v) is 4.46. The maximum atomic E-state index is 11.7. The number of hydrogen-bond acceptors (Lipinski definition) is 6. The minimum atomic E-state index is -0.614. The SMILES string of the molecule is O=C(Cn1ccccc1=O)N/N=C\c1cc([N+](=O)[O-])ccc1O. The van der Waals surface area contributed by atoms with Crippen LogP contribution in [-0.4, -0.2) is 26.7 Å². The Hall–Kier alpha value is -3.49. The van der Waals surface area contributed by atoms with Gasteiger partial charge in [0, 0.05) is 30.0 Å². The monoisotopic (exact) mass is 316 g/mol. The van der Waals surface area contributed by atoms with Gasteiger partial charge >= 0.3 is 0 Å².